The molecule has 1 amide bonds. The third kappa shape index (κ3) is 3.44. The summed E-state index contributed by atoms with van der Waals surface area (Å²) in [6.07, 6.45) is 0. The highest BCUT2D eigenvalue weighted by atomic mass is 32.2. The van der Waals surface area contributed by atoms with Crippen LogP contribution in [0, 0.1) is 0 Å². The van der Waals surface area contributed by atoms with Crippen LogP contribution < -0.4 is 10.5 Å². The second-order valence-electron chi connectivity index (χ2n) is 5.77. The molecule has 3 rings (SSSR count). The van der Waals surface area contributed by atoms with Crippen molar-refractivity contribution >= 4 is 34.3 Å². The Balaban J connectivity index is 1.87. The summed E-state index contributed by atoms with van der Waals surface area (Å²) in [6.45, 7) is 1.83. The quantitative estimate of drug-likeness (QED) is 0.534. The Hall–Kier alpha value is -2.60. The molecule has 0 spiro atoms. The average molecular weight is 353 g/mol. The molecule has 0 aliphatic carbocycles. The first kappa shape index (κ1) is 17.2. The van der Waals surface area contributed by atoms with Crippen molar-refractivity contribution in [1.29, 1.82) is 0 Å². The van der Waals surface area contributed by atoms with Crippen LogP contribution in [0.1, 0.15) is 6.92 Å². The first-order valence-corrected chi connectivity index (χ1v) is 8.82. The molecule has 0 radical (unpaired) electrons. The van der Waals surface area contributed by atoms with Gasteiger partial charge >= 0.3 is 0 Å². The minimum absolute atomic E-state index is 0.0430. The number of carbonyl (C=O) groups is 1. The van der Waals surface area contributed by atoms with E-state index < -0.39 is 0 Å². The molecule has 25 heavy (non-hydrogen) atoms. The fourth-order valence-electron chi connectivity index (χ4n) is 2.56. The van der Waals surface area contributed by atoms with Crippen molar-refractivity contribution in [3.05, 3.63) is 65.0 Å². The smallest absolute Gasteiger partial charge is 0.261 e. The molecule has 0 saturated heterocycles. The molecule has 1 heterocycles. The lowest BCUT2D eigenvalue weighted by molar-refractivity contribution is -0.117. The molecular weight excluding hydrogens is 334 g/mol. The summed E-state index contributed by atoms with van der Waals surface area (Å²) in [7, 11) is 3.43. The van der Waals surface area contributed by atoms with Gasteiger partial charge in [0.15, 0.2) is 5.16 Å². The van der Waals surface area contributed by atoms with E-state index in [4.69, 9.17) is 0 Å². The summed E-state index contributed by atoms with van der Waals surface area (Å²) < 4.78 is 1.50. The van der Waals surface area contributed by atoms with Gasteiger partial charge in [0.1, 0.15) is 0 Å². The Bertz CT molecular complexity index is 969. The van der Waals surface area contributed by atoms with E-state index >= 15 is 0 Å². The van der Waals surface area contributed by atoms with Gasteiger partial charge in [-0.1, -0.05) is 42.1 Å². The van der Waals surface area contributed by atoms with Crippen molar-refractivity contribution in [1.82, 2.24) is 9.55 Å². The minimum Gasteiger partial charge on any atom is -0.315 e. The third-order valence-electron chi connectivity index (χ3n) is 4.05. The number of nitrogens with zero attached hydrogens (tertiary/aromatic N) is 3. The van der Waals surface area contributed by atoms with E-state index in [0.29, 0.717) is 16.1 Å². The number of rotatable bonds is 4. The fraction of sp³-hybridized carbons (Fsp3) is 0.211. The van der Waals surface area contributed by atoms with Gasteiger partial charge in [-0.05, 0) is 31.2 Å². The van der Waals surface area contributed by atoms with E-state index in [1.807, 2.05) is 55.5 Å². The zero-order chi connectivity index (χ0) is 18.0. The monoisotopic (exact) mass is 353 g/mol. The summed E-state index contributed by atoms with van der Waals surface area (Å²) in [5, 5.41) is 0.741. The van der Waals surface area contributed by atoms with Crippen molar-refractivity contribution in [3.8, 4) is 0 Å². The molecule has 1 aromatic heterocycles. The second-order valence-corrected chi connectivity index (χ2v) is 7.08. The summed E-state index contributed by atoms with van der Waals surface area (Å²) in [4.78, 5) is 31.3. The maximum atomic E-state index is 12.7. The Morgan fingerprint density at radius 1 is 1.12 bits per heavy atom. The van der Waals surface area contributed by atoms with E-state index in [2.05, 4.69) is 4.98 Å². The van der Waals surface area contributed by atoms with Gasteiger partial charge in [-0.3, -0.25) is 14.2 Å². The Labute approximate surface area is 150 Å². The maximum absolute atomic E-state index is 12.7. The van der Waals surface area contributed by atoms with Crippen LogP contribution in [0.3, 0.4) is 0 Å². The molecule has 128 valence electrons. The van der Waals surface area contributed by atoms with Crippen molar-refractivity contribution in [2.24, 2.45) is 7.05 Å². The number of fused-ring (bicyclic) bond motifs is 1. The molecule has 0 saturated carbocycles. The third-order valence-corrected chi connectivity index (χ3v) is 5.18. The Morgan fingerprint density at radius 2 is 1.76 bits per heavy atom. The van der Waals surface area contributed by atoms with Gasteiger partial charge in [0.05, 0.1) is 16.2 Å². The molecule has 5 nitrogen and oxygen atoms in total. The summed E-state index contributed by atoms with van der Waals surface area (Å²) in [5.41, 5.74) is 1.37. The van der Waals surface area contributed by atoms with Gasteiger partial charge in [0, 0.05) is 19.8 Å². The van der Waals surface area contributed by atoms with Gasteiger partial charge < -0.3 is 4.90 Å². The molecule has 1 atom stereocenters. The van der Waals surface area contributed by atoms with Gasteiger partial charge in [-0.2, -0.15) is 0 Å². The van der Waals surface area contributed by atoms with Crippen LogP contribution >= 0.6 is 11.8 Å². The van der Waals surface area contributed by atoms with Gasteiger partial charge in [-0.25, -0.2) is 4.98 Å². The molecule has 0 aliphatic heterocycles. The zero-order valence-corrected chi connectivity index (χ0v) is 15.2. The highest BCUT2D eigenvalue weighted by molar-refractivity contribution is 8.00. The van der Waals surface area contributed by atoms with Crippen LogP contribution in [-0.4, -0.2) is 27.8 Å². The highest BCUT2D eigenvalue weighted by Gasteiger charge is 2.22. The first-order chi connectivity index (χ1) is 12.0. The van der Waals surface area contributed by atoms with Crippen molar-refractivity contribution in [2.45, 2.75) is 17.3 Å². The Morgan fingerprint density at radius 3 is 2.48 bits per heavy atom. The predicted octanol–water partition coefficient (Wildman–Crippen LogP) is 3.08. The van der Waals surface area contributed by atoms with E-state index in [1.54, 1.807) is 25.1 Å². The van der Waals surface area contributed by atoms with Gasteiger partial charge in [0.25, 0.3) is 5.56 Å². The van der Waals surface area contributed by atoms with E-state index in [1.165, 1.54) is 16.3 Å². The second kappa shape index (κ2) is 7.11. The minimum atomic E-state index is -0.371. The van der Waals surface area contributed by atoms with Gasteiger partial charge in [0.2, 0.25) is 5.91 Å². The molecule has 2 aromatic carbocycles. The molecule has 0 fully saturated rings. The molecule has 6 heteroatoms. The summed E-state index contributed by atoms with van der Waals surface area (Å²) >= 11 is 1.29. The molecule has 0 unspecified atom stereocenters. The number of para-hydroxylation sites is 2. The standard InChI is InChI=1S/C19H19N3O2S/c1-13(17(23)21(2)14-9-5-4-6-10-14)25-19-20-16-12-8-7-11-15(16)18(24)22(19)3/h4-13H,1-3H3/t13-/m1/s1. The maximum Gasteiger partial charge on any atom is 0.261 e. The molecule has 0 bridgehead atoms. The molecule has 3 aromatic rings. The van der Waals surface area contributed by atoms with Crippen LogP contribution in [0.15, 0.2) is 64.5 Å². The average Bonchev–Trinajstić information content (AvgIpc) is 2.65. The summed E-state index contributed by atoms with van der Waals surface area (Å²) in [5.74, 6) is -0.0430. The number of hydrogen-bond acceptors (Lipinski definition) is 4. The largest absolute Gasteiger partial charge is 0.315 e. The number of amides is 1. The van der Waals surface area contributed by atoms with E-state index in [-0.39, 0.29) is 16.7 Å². The molecule has 0 aliphatic rings. The lowest BCUT2D eigenvalue weighted by atomic mass is 10.2. The van der Waals surface area contributed by atoms with Crippen LogP contribution in [-0.2, 0) is 11.8 Å². The van der Waals surface area contributed by atoms with Crippen LogP contribution in [0.25, 0.3) is 10.9 Å². The normalized spacial score (nSPS) is 12.1. The molecular formula is C19H19N3O2S. The number of benzene rings is 2. The number of anilines is 1. The number of hydrogen-bond donors (Lipinski definition) is 0. The highest BCUT2D eigenvalue weighted by Crippen LogP contribution is 2.24. The number of aromatic nitrogens is 2. The first-order valence-electron chi connectivity index (χ1n) is 7.94. The van der Waals surface area contributed by atoms with Crippen molar-refractivity contribution in [2.75, 3.05) is 11.9 Å². The van der Waals surface area contributed by atoms with Crippen molar-refractivity contribution in [3.63, 3.8) is 0 Å². The summed E-state index contributed by atoms with van der Waals surface area (Å²) in [6, 6.07) is 16.7. The predicted molar refractivity (Wildman–Crippen MR) is 102 cm³/mol. The topological polar surface area (TPSA) is 55.2 Å². The lowest BCUT2D eigenvalue weighted by Crippen LogP contribution is -2.33. The number of carbonyl (C=O) groups excluding carboxylic acids is 1. The SMILES string of the molecule is C[C@@H](Sc1nc2ccccc2c(=O)n1C)C(=O)N(C)c1ccccc1. The van der Waals surface area contributed by atoms with Crippen molar-refractivity contribution < 1.29 is 4.79 Å². The van der Waals surface area contributed by atoms with Crippen LogP contribution in [0.2, 0.25) is 0 Å². The zero-order valence-electron chi connectivity index (χ0n) is 14.3. The molecule has 0 N–H and O–H groups in total. The van der Waals surface area contributed by atoms with Crippen LogP contribution in [0.4, 0.5) is 5.69 Å². The van der Waals surface area contributed by atoms with E-state index in [9.17, 15) is 9.59 Å². The van der Waals surface area contributed by atoms with E-state index in [0.717, 1.165) is 5.69 Å². The number of thioether (sulfide) groups is 1. The van der Waals surface area contributed by atoms with Gasteiger partial charge in [-0.15, -0.1) is 0 Å². The van der Waals surface area contributed by atoms with Crippen LogP contribution in [0.5, 0.6) is 0 Å². The fourth-order valence-corrected chi connectivity index (χ4v) is 3.53. The lowest BCUT2D eigenvalue weighted by Gasteiger charge is -2.21. The Kier molecular flexibility index (Phi) is 4.90.